The third-order valence-electron chi connectivity index (χ3n) is 8.99. The Hall–Kier alpha value is -5.21. The summed E-state index contributed by atoms with van der Waals surface area (Å²) in [6.45, 7) is 1.23. The molecule has 0 saturated heterocycles. The molecule has 0 atom stereocenters. The summed E-state index contributed by atoms with van der Waals surface area (Å²) in [6, 6.07) is 14.8. The minimum Gasteiger partial charge on any atom is -0.333 e. The van der Waals surface area contributed by atoms with Gasteiger partial charge in [0.2, 0.25) is 0 Å². The van der Waals surface area contributed by atoms with Gasteiger partial charge in [-0.05, 0) is 86.8 Å². The zero-order valence-electron chi connectivity index (χ0n) is 26.9. The van der Waals surface area contributed by atoms with E-state index in [0.717, 1.165) is 36.8 Å². The van der Waals surface area contributed by atoms with Crippen LogP contribution in [0.2, 0.25) is 0 Å². The molecule has 4 aromatic heterocycles. The summed E-state index contributed by atoms with van der Waals surface area (Å²) in [4.78, 5) is 7.89. The minimum atomic E-state index is -4.42. The van der Waals surface area contributed by atoms with Gasteiger partial charge in [0.1, 0.15) is 12.7 Å². The van der Waals surface area contributed by atoms with Crippen molar-refractivity contribution in [2.75, 3.05) is 0 Å². The molecule has 0 radical (unpaired) electrons. The number of aromatic nitrogens is 9. The lowest BCUT2D eigenvalue weighted by Crippen LogP contribution is -2.11. The summed E-state index contributed by atoms with van der Waals surface area (Å²) in [6.07, 6.45) is 5.05. The molecule has 2 aromatic carbocycles. The highest BCUT2D eigenvalue weighted by Crippen LogP contribution is 2.38. The summed E-state index contributed by atoms with van der Waals surface area (Å²) < 4.78 is 86.3. The van der Waals surface area contributed by atoms with Crippen LogP contribution >= 0.6 is 0 Å². The molecule has 9 nitrogen and oxygen atoms in total. The zero-order chi connectivity index (χ0) is 34.9. The third-order valence-corrected chi connectivity index (χ3v) is 8.99. The van der Waals surface area contributed by atoms with E-state index in [1.165, 1.54) is 15.7 Å². The number of benzene rings is 2. The Morgan fingerprint density at radius 3 is 1.52 bits per heavy atom. The summed E-state index contributed by atoms with van der Waals surface area (Å²) >= 11 is 0. The Kier molecular flexibility index (Phi) is 9.05. The monoisotopic (exact) mass is 693 g/mol. The second kappa shape index (κ2) is 13.6. The minimum absolute atomic E-state index is 0.352. The van der Waals surface area contributed by atoms with E-state index >= 15 is 0 Å². The number of hydrogen-bond donors (Lipinski definition) is 0. The van der Waals surface area contributed by atoms with Gasteiger partial charge in [-0.3, -0.25) is 0 Å². The Morgan fingerprint density at radius 2 is 1.08 bits per heavy atom. The van der Waals surface area contributed by atoms with E-state index in [1.807, 2.05) is 47.2 Å². The number of hydrogen-bond acceptors (Lipinski definition) is 5. The lowest BCUT2D eigenvalue weighted by molar-refractivity contribution is -0.142. The van der Waals surface area contributed by atoms with Gasteiger partial charge >= 0.3 is 12.4 Å². The van der Waals surface area contributed by atoms with Crippen molar-refractivity contribution in [2.24, 2.45) is 0 Å². The van der Waals surface area contributed by atoms with Crippen molar-refractivity contribution in [3.05, 3.63) is 125 Å². The van der Waals surface area contributed by atoms with Gasteiger partial charge in [0.05, 0.1) is 24.2 Å². The van der Waals surface area contributed by atoms with Crippen molar-refractivity contribution >= 4 is 0 Å². The van der Waals surface area contributed by atoms with Gasteiger partial charge in [-0.2, -0.15) is 41.6 Å². The average molecular weight is 694 g/mol. The molecule has 2 aliphatic rings. The molecule has 0 amide bonds. The molecule has 0 aliphatic heterocycles. The van der Waals surface area contributed by atoms with Crippen LogP contribution in [0.25, 0.3) is 11.4 Å². The maximum atomic E-state index is 13.3. The zero-order valence-corrected chi connectivity index (χ0v) is 26.9. The van der Waals surface area contributed by atoms with E-state index in [-0.39, 0.29) is 0 Å². The van der Waals surface area contributed by atoms with Gasteiger partial charge in [-0.25, -0.2) is 24.0 Å². The predicted octanol–water partition coefficient (Wildman–Crippen LogP) is 7.42. The molecule has 50 heavy (non-hydrogen) atoms. The van der Waals surface area contributed by atoms with Gasteiger partial charge in [-0.15, -0.1) is 0 Å². The molecule has 260 valence electrons. The maximum Gasteiger partial charge on any atom is 0.435 e. The topological polar surface area (TPSA) is 84.2 Å². The second-order valence-electron chi connectivity index (χ2n) is 12.4. The van der Waals surface area contributed by atoms with Crippen molar-refractivity contribution in [3.63, 3.8) is 0 Å². The molecule has 0 bridgehead atoms. The highest BCUT2D eigenvalue weighted by Gasteiger charge is 2.40. The van der Waals surface area contributed by atoms with Crippen LogP contribution in [0.4, 0.5) is 26.3 Å². The van der Waals surface area contributed by atoms with Crippen LogP contribution < -0.4 is 0 Å². The molecule has 0 unspecified atom stereocenters. The fraction of sp³-hybridized carbons (Fsp3) is 0.343. The fourth-order valence-electron chi connectivity index (χ4n) is 6.66. The van der Waals surface area contributed by atoms with Gasteiger partial charge in [0.25, 0.3) is 0 Å². The fourth-order valence-corrected chi connectivity index (χ4v) is 6.66. The average Bonchev–Trinajstić information content (AvgIpc) is 3.92. The molecule has 4 heterocycles. The van der Waals surface area contributed by atoms with Crippen molar-refractivity contribution in [2.45, 2.75) is 76.8 Å². The van der Waals surface area contributed by atoms with Crippen molar-refractivity contribution in [1.82, 2.24) is 43.9 Å². The van der Waals surface area contributed by atoms with E-state index in [0.29, 0.717) is 72.7 Å². The number of halogens is 6. The van der Waals surface area contributed by atoms with Gasteiger partial charge in [-0.1, -0.05) is 24.3 Å². The van der Waals surface area contributed by atoms with E-state index in [9.17, 15) is 26.3 Å². The maximum absolute atomic E-state index is 13.3. The smallest absolute Gasteiger partial charge is 0.333 e. The normalized spacial score (nSPS) is 14.5. The quantitative estimate of drug-likeness (QED) is 0.170. The molecule has 0 N–H and O–H groups in total. The highest BCUT2D eigenvalue weighted by molar-refractivity contribution is 5.42. The summed E-state index contributed by atoms with van der Waals surface area (Å²) in [5.74, 6) is 0. The van der Waals surface area contributed by atoms with Crippen LogP contribution in [0.1, 0.15) is 70.7 Å². The summed E-state index contributed by atoms with van der Waals surface area (Å²) in [7, 11) is 0. The second-order valence-corrected chi connectivity index (χ2v) is 12.4. The van der Waals surface area contributed by atoms with Crippen LogP contribution in [0.3, 0.4) is 0 Å². The highest BCUT2D eigenvalue weighted by atomic mass is 19.4. The van der Waals surface area contributed by atoms with Crippen LogP contribution in [0, 0.1) is 0 Å². The molecule has 2 aliphatic carbocycles. The Labute approximate surface area is 283 Å². The Bertz CT molecular complexity index is 1870. The van der Waals surface area contributed by atoms with E-state index in [4.69, 9.17) is 0 Å². The van der Waals surface area contributed by atoms with Crippen molar-refractivity contribution in [1.29, 1.82) is 0 Å². The SMILES string of the molecule is FC(F)(F)c1nn(-c2ccc(Cn3ccnc3)cc2)c2c1CCCC2.FC(F)(F)c1nn(-c2ccc(Cn3cncn3)cc2)c2c1CCCC2. The summed E-state index contributed by atoms with van der Waals surface area (Å²) in [5, 5.41) is 11.9. The standard InChI is InChI=1S/C18H17F3N4.C17H16F3N5/c19-18(20,21)17-15-3-1-2-4-16(15)25(23-17)14-7-5-13(6-8-14)11-24-10-9-22-12-24;18-17(19,20)16-14-3-1-2-4-15(14)25(23-16)13-7-5-12(6-8-13)9-24-11-21-10-22-24/h5-10,12H,1-4,11H2;5-8,10-11H,1-4,9H2. The van der Waals surface area contributed by atoms with E-state index in [2.05, 4.69) is 25.3 Å². The number of nitrogens with zero attached hydrogens (tertiary/aromatic N) is 9. The van der Waals surface area contributed by atoms with Gasteiger partial charge < -0.3 is 4.57 Å². The largest absolute Gasteiger partial charge is 0.435 e. The predicted molar refractivity (Wildman–Crippen MR) is 171 cm³/mol. The molecule has 15 heteroatoms. The first-order valence-corrected chi connectivity index (χ1v) is 16.4. The molecule has 8 rings (SSSR count). The number of imidazole rings is 1. The summed E-state index contributed by atoms with van der Waals surface area (Å²) in [5.41, 5.74) is 3.98. The molecule has 0 saturated carbocycles. The first-order chi connectivity index (χ1) is 24.0. The van der Waals surface area contributed by atoms with Crippen molar-refractivity contribution in [3.8, 4) is 11.4 Å². The van der Waals surface area contributed by atoms with Gasteiger partial charge in [0, 0.05) is 41.5 Å². The number of alkyl halides is 6. The lowest BCUT2D eigenvalue weighted by atomic mass is 9.95. The first-order valence-electron chi connectivity index (χ1n) is 16.4. The third kappa shape index (κ3) is 7.07. The van der Waals surface area contributed by atoms with E-state index in [1.54, 1.807) is 35.7 Å². The Morgan fingerprint density at radius 1 is 0.580 bits per heavy atom. The van der Waals surface area contributed by atoms with Crippen LogP contribution in [-0.2, 0) is 51.1 Å². The first kappa shape index (κ1) is 33.3. The Balaban J connectivity index is 0.000000157. The molecule has 6 aromatic rings. The number of rotatable bonds is 6. The molecule has 0 spiro atoms. The molecular weight excluding hydrogens is 660 g/mol. The number of fused-ring (bicyclic) bond motifs is 2. The van der Waals surface area contributed by atoms with Crippen LogP contribution in [0.5, 0.6) is 0 Å². The van der Waals surface area contributed by atoms with Crippen molar-refractivity contribution < 1.29 is 26.3 Å². The van der Waals surface area contributed by atoms with Gasteiger partial charge in [0.15, 0.2) is 11.4 Å². The van der Waals surface area contributed by atoms with E-state index < -0.39 is 23.7 Å². The molecular formula is C35H33F6N9. The molecule has 0 fully saturated rings. The van der Waals surface area contributed by atoms with Crippen LogP contribution in [-0.4, -0.2) is 43.9 Å². The van der Waals surface area contributed by atoms with Crippen LogP contribution in [0.15, 0.2) is 79.9 Å². The lowest BCUT2D eigenvalue weighted by Gasteiger charge is -2.15.